The molecule has 2 rings (SSSR count). The second kappa shape index (κ2) is 8.59. The van der Waals surface area contributed by atoms with Crippen LogP contribution in [0.3, 0.4) is 0 Å². The van der Waals surface area contributed by atoms with E-state index in [1.54, 1.807) is 6.92 Å². The third-order valence-corrected chi connectivity index (χ3v) is 4.49. The first-order chi connectivity index (χ1) is 12.3. The number of hydrogen-bond donors (Lipinski definition) is 2. The lowest BCUT2D eigenvalue weighted by Gasteiger charge is -2.14. The van der Waals surface area contributed by atoms with Gasteiger partial charge in [-0.05, 0) is 26.2 Å². The number of likely N-dealkylation sites (tertiary alicyclic amines) is 1. The summed E-state index contributed by atoms with van der Waals surface area (Å²) < 4.78 is 4.76. The maximum atomic E-state index is 12.2. The van der Waals surface area contributed by atoms with Crippen molar-refractivity contribution >= 4 is 29.7 Å². The molecule has 9 heteroatoms. The van der Waals surface area contributed by atoms with Crippen molar-refractivity contribution in [2.24, 2.45) is 11.8 Å². The van der Waals surface area contributed by atoms with E-state index in [-0.39, 0.29) is 6.04 Å². The van der Waals surface area contributed by atoms with Crippen molar-refractivity contribution < 1.29 is 28.7 Å². The number of hydrogen-bond acceptors (Lipinski definition) is 6. The number of ether oxygens (including phenoxy) is 1. The van der Waals surface area contributed by atoms with E-state index in [1.165, 1.54) is 0 Å². The standard InChI is InChI=1S/C17H23N3O6/c1-3-10(2)18-17(25)19-13(21)9-26-14(22)8-20-15(23)11-6-4-5-7-12(11)16(20)24/h4-5,10-12H,3,6-9H2,1-2H3,(H2,18,19,21,25)/t10-,11-,12-/m0/s1. The Balaban J connectivity index is 1.77. The molecule has 0 radical (unpaired) electrons. The van der Waals surface area contributed by atoms with E-state index in [9.17, 15) is 24.0 Å². The van der Waals surface area contributed by atoms with Gasteiger partial charge in [0.05, 0.1) is 11.8 Å². The number of urea groups is 1. The van der Waals surface area contributed by atoms with Crippen LogP contribution in [0, 0.1) is 11.8 Å². The van der Waals surface area contributed by atoms with Crippen molar-refractivity contribution in [1.82, 2.24) is 15.5 Å². The Morgan fingerprint density at radius 2 is 1.77 bits per heavy atom. The number of nitrogens with zero attached hydrogens (tertiary/aromatic N) is 1. The molecule has 1 saturated heterocycles. The highest BCUT2D eigenvalue weighted by Crippen LogP contribution is 2.34. The van der Waals surface area contributed by atoms with Crippen LogP contribution in [-0.2, 0) is 23.9 Å². The highest BCUT2D eigenvalue weighted by atomic mass is 16.5. The van der Waals surface area contributed by atoms with Gasteiger partial charge in [-0.15, -0.1) is 0 Å². The number of imide groups is 2. The molecule has 1 aliphatic heterocycles. The van der Waals surface area contributed by atoms with Crippen LogP contribution in [0.25, 0.3) is 0 Å². The second-order valence-corrected chi connectivity index (χ2v) is 6.41. The smallest absolute Gasteiger partial charge is 0.326 e. The maximum absolute atomic E-state index is 12.2. The van der Waals surface area contributed by atoms with Gasteiger partial charge in [-0.2, -0.15) is 0 Å². The minimum atomic E-state index is -0.879. The summed E-state index contributed by atoms with van der Waals surface area (Å²) >= 11 is 0. The van der Waals surface area contributed by atoms with Gasteiger partial charge in [-0.3, -0.25) is 29.4 Å². The Labute approximate surface area is 151 Å². The van der Waals surface area contributed by atoms with E-state index < -0.39 is 54.7 Å². The molecule has 3 atom stereocenters. The van der Waals surface area contributed by atoms with E-state index in [0.717, 1.165) is 4.90 Å². The molecule has 9 nitrogen and oxygen atoms in total. The average molecular weight is 365 g/mol. The molecule has 0 bridgehead atoms. The molecule has 0 saturated carbocycles. The van der Waals surface area contributed by atoms with Gasteiger partial charge < -0.3 is 10.1 Å². The monoisotopic (exact) mass is 365 g/mol. The van der Waals surface area contributed by atoms with Gasteiger partial charge in [-0.25, -0.2) is 4.79 Å². The molecule has 2 N–H and O–H groups in total. The van der Waals surface area contributed by atoms with Crippen molar-refractivity contribution in [2.75, 3.05) is 13.2 Å². The number of carbonyl (C=O) groups is 5. The predicted octanol–water partition coefficient (Wildman–Crippen LogP) is 0.105. The number of carbonyl (C=O) groups excluding carboxylic acids is 5. The largest absolute Gasteiger partial charge is 0.454 e. The molecule has 2 aliphatic rings. The van der Waals surface area contributed by atoms with E-state index in [0.29, 0.717) is 19.3 Å². The number of esters is 1. The number of amides is 5. The zero-order valence-corrected chi connectivity index (χ0v) is 14.8. The zero-order valence-electron chi connectivity index (χ0n) is 14.8. The lowest BCUT2D eigenvalue weighted by Crippen LogP contribution is -2.45. The molecular formula is C17H23N3O6. The van der Waals surface area contributed by atoms with Crippen LogP contribution in [0.5, 0.6) is 0 Å². The van der Waals surface area contributed by atoms with E-state index in [4.69, 9.17) is 4.74 Å². The van der Waals surface area contributed by atoms with Crippen LogP contribution < -0.4 is 10.6 Å². The fraction of sp³-hybridized carbons (Fsp3) is 0.588. The molecule has 0 aromatic rings. The van der Waals surface area contributed by atoms with Gasteiger partial charge in [-0.1, -0.05) is 19.1 Å². The SMILES string of the molecule is CC[C@H](C)NC(=O)NC(=O)COC(=O)CN1C(=O)[C@H]2CC=CC[C@@H]2C1=O. The second-order valence-electron chi connectivity index (χ2n) is 6.41. The third kappa shape index (κ3) is 4.68. The molecular weight excluding hydrogens is 342 g/mol. The van der Waals surface area contributed by atoms with Crippen LogP contribution in [0.4, 0.5) is 4.79 Å². The summed E-state index contributed by atoms with van der Waals surface area (Å²) in [6.45, 7) is 2.46. The minimum Gasteiger partial charge on any atom is -0.454 e. The van der Waals surface area contributed by atoms with Gasteiger partial charge in [0.15, 0.2) is 6.61 Å². The first-order valence-electron chi connectivity index (χ1n) is 8.59. The van der Waals surface area contributed by atoms with Gasteiger partial charge in [0.1, 0.15) is 6.54 Å². The Kier molecular flexibility index (Phi) is 6.48. The number of fused-ring (bicyclic) bond motifs is 1. The minimum absolute atomic E-state index is 0.101. The average Bonchev–Trinajstić information content (AvgIpc) is 2.85. The summed E-state index contributed by atoms with van der Waals surface area (Å²) in [4.78, 5) is 60.3. The summed E-state index contributed by atoms with van der Waals surface area (Å²) in [5.74, 6) is -3.30. The first kappa shape index (κ1) is 19.6. The van der Waals surface area contributed by atoms with Crippen molar-refractivity contribution in [3.63, 3.8) is 0 Å². The predicted molar refractivity (Wildman–Crippen MR) is 89.5 cm³/mol. The Bertz CT molecular complexity index is 618. The molecule has 5 amide bonds. The number of allylic oxidation sites excluding steroid dienone is 2. The van der Waals surface area contributed by atoms with Crippen LogP contribution in [0.15, 0.2) is 12.2 Å². The fourth-order valence-corrected chi connectivity index (χ4v) is 2.87. The molecule has 0 unspecified atom stereocenters. The molecule has 0 aromatic carbocycles. The summed E-state index contributed by atoms with van der Waals surface area (Å²) in [5.41, 5.74) is 0. The topological polar surface area (TPSA) is 122 Å². The highest BCUT2D eigenvalue weighted by Gasteiger charge is 2.47. The molecule has 1 heterocycles. The Morgan fingerprint density at radius 3 is 2.31 bits per heavy atom. The van der Waals surface area contributed by atoms with Crippen molar-refractivity contribution in [2.45, 2.75) is 39.2 Å². The molecule has 0 spiro atoms. The maximum Gasteiger partial charge on any atom is 0.326 e. The first-order valence-corrected chi connectivity index (χ1v) is 8.59. The normalized spacial score (nSPS) is 22.6. The van der Waals surface area contributed by atoms with Gasteiger partial charge >= 0.3 is 12.0 Å². The van der Waals surface area contributed by atoms with Crippen LogP contribution in [0.1, 0.15) is 33.1 Å². The van der Waals surface area contributed by atoms with Crippen molar-refractivity contribution in [3.05, 3.63) is 12.2 Å². The van der Waals surface area contributed by atoms with Crippen LogP contribution >= 0.6 is 0 Å². The van der Waals surface area contributed by atoms with Gasteiger partial charge in [0.2, 0.25) is 11.8 Å². The third-order valence-electron chi connectivity index (χ3n) is 4.49. The fourth-order valence-electron chi connectivity index (χ4n) is 2.87. The lowest BCUT2D eigenvalue weighted by atomic mass is 9.85. The summed E-state index contributed by atoms with van der Waals surface area (Å²) in [6.07, 6.45) is 5.36. The molecule has 0 aromatic heterocycles. The number of rotatable bonds is 6. The molecule has 142 valence electrons. The van der Waals surface area contributed by atoms with Crippen molar-refractivity contribution in [3.8, 4) is 0 Å². The molecule has 1 fully saturated rings. The van der Waals surface area contributed by atoms with E-state index in [1.807, 2.05) is 24.4 Å². The van der Waals surface area contributed by atoms with Gasteiger partial charge in [0, 0.05) is 6.04 Å². The summed E-state index contributed by atoms with van der Waals surface area (Å²) in [5, 5.41) is 4.56. The highest BCUT2D eigenvalue weighted by molar-refractivity contribution is 6.07. The summed E-state index contributed by atoms with van der Waals surface area (Å²) in [7, 11) is 0. The van der Waals surface area contributed by atoms with Crippen LogP contribution in [0.2, 0.25) is 0 Å². The molecule has 26 heavy (non-hydrogen) atoms. The van der Waals surface area contributed by atoms with Crippen LogP contribution in [-0.4, -0.2) is 53.8 Å². The van der Waals surface area contributed by atoms with E-state index >= 15 is 0 Å². The lowest BCUT2D eigenvalue weighted by molar-refractivity contribution is -0.154. The Hall–Kier alpha value is -2.71. The quantitative estimate of drug-likeness (QED) is 0.391. The van der Waals surface area contributed by atoms with Crippen molar-refractivity contribution in [1.29, 1.82) is 0 Å². The number of nitrogens with one attached hydrogen (secondary N) is 2. The zero-order chi connectivity index (χ0) is 19.3. The molecule has 1 aliphatic carbocycles. The summed E-state index contributed by atoms with van der Waals surface area (Å²) in [6, 6.07) is -0.780. The van der Waals surface area contributed by atoms with E-state index in [2.05, 4.69) is 5.32 Å². The van der Waals surface area contributed by atoms with Gasteiger partial charge in [0.25, 0.3) is 5.91 Å². The Morgan fingerprint density at radius 1 is 1.19 bits per heavy atom.